The Morgan fingerprint density at radius 2 is 1.76 bits per heavy atom. The Balaban J connectivity index is 2.29. The van der Waals surface area contributed by atoms with Crippen LogP contribution < -0.4 is 10.1 Å². The van der Waals surface area contributed by atoms with Gasteiger partial charge in [-0.1, -0.05) is 44.7 Å². The van der Waals surface area contributed by atoms with Crippen molar-refractivity contribution in [2.75, 3.05) is 0 Å². The predicted octanol–water partition coefficient (Wildman–Crippen LogP) is 5.03. The number of halogens is 3. The standard InChI is InChI=1S/C16H24F3NO/c1-3-4-5-6-7-13(2)20-12-14-8-10-15(11-9-14)21-16(17,18)19/h8-11,13,20H,3-7,12H2,1-2H3. The van der Waals surface area contributed by atoms with Gasteiger partial charge in [0.25, 0.3) is 0 Å². The topological polar surface area (TPSA) is 21.3 Å². The van der Waals surface area contributed by atoms with Crippen LogP contribution in [0.1, 0.15) is 51.5 Å². The second-order valence-corrected chi connectivity index (χ2v) is 5.32. The van der Waals surface area contributed by atoms with Gasteiger partial charge in [-0.3, -0.25) is 0 Å². The average molecular weight is 303 g/mol. The molecule has 2 nitrogen and oxygen atoms in total. The van der Waals surface area contributed by atoms with Gasteiger partial charge in [0.05, 0.1) is 0 Å². The second kappa shape index (κ2) is 8.93. The zero-order valence-electron chi connectivity index (χ0n) is 12.7. The molecule has 5 heteroatoms. The molecule has 1 aromatic carbocycles. The summed E-state index contributed by atoms with van der Waals surface area (Å²) in [4.78, 5) is 0. The first-order valence-corrected chi connectivity index (χ1v) is 7.49. The van der Waals surface area contributed by atoms with Crippen molar-refractivity contribution >= 4 is 0 Å². The summed E-state index contributed by atoms with van der Waals surface area (Å²) in [6.07, 6.45) is 1.45. The van der Waals surface area contributed by atoms with Gasteiger partial charge in [0.15, 0.2) is 0 Å². The van der Waals surface area contributed by atoms with Crippen LogP contribution in [0, 0.1) is 0 Å². The minimum absolute atomic E-state index is 0.182. The molecule has 0 amide bonds. The summed E-state index contributed by atoms with van der Waals surface area (Å²) in [5.74, 6) is -0.182. The van der Waals surface area contributed by atoms with Crippen molar-refractivity contribution in [2.24, 2.45) is 0 Å². The molecule has 21 heavy (non-hydrogen) atoms. The molecule has 0 fully saturated rings. The Kier molecular flexibility index (Phi) is 7.57. The zero-order valence-corrected chi connectivity index (χ0v) is 12.7. The lowest BCUT2D eigenvalue weighted by molar-refractivity contribution is -0.274. The fourth-order valence-electron chi connectivity index (χ4n) is 2.08. The molecule has 0 aliphatic rings. The molecule has 1 rings (SSSR count). The number of alkyl halides is 3. The molecule has 0 saturated heterocycles. The minimum atomic E-state index is -4.63. The van der Waals surface area contributed by atoms with Crippen molar-refractivity contribution in [3.8, 4) is 5.75 Å². The molecule has 1 N–H and O–H groups in total. The van der Waals surface area contributed by atoms with Gasteiger partial charge in [0.2, 0.25) is 0 Å². The lowest BCUT2D eigenvalue weighted by Crippen LogP contribution is -2.25. The Bertz CT molecular complexity index is 390. The van der Waals surface area contributed by atoms with Crippen molar-refractivity contribution in [2.45, 2.75) is 64.9 Å². The van der Waals surface area contributed by atoms with Crippen LogP contribution in [0.15, 0.2) is 24.3 Å². The van der Waals surface area contributed by atoms with Crippen LogP contribution in [0.4, 0.5) is 13.2 Å². The van der Waals surface area contributed by atoms with Gasteiger partial charge in [-0.05, 0) is 31.0 Å². The zero-order chi connectivity index (χ0) is 15.7. The summed E-state index contributed by atoms with van der Waals surface area (Å²) in [6, 6.07) is 6.40. The normalized spacial score (nSPS) is 13.2. The highest BCUT2D eigenvalue weighted by Crippen LogP contribution is 2.22. The van der Waals surface area contributed by atoms with E-state index >= 15 is 0 Å². The van der Waals surface area contributed by atoms with Crippen molar-refractivity contribution in [1.29, 1.82) is 0 Å². The van der Waals surface area contributed by atoms with E-state index in [0.717, 1.165) is 12.0 Å². The van der Waals surface area contributed by atoms with E-state index in [4.69, 9.17) is 0 Å². The van der Waals surface area contributed by atoms with E-state index in [0.29, 0.717) is 12.6 Å². The number of ether oxygens (including phenoxy) is 1. The van der Waals surface area contributed by atoms with Gasteiger partial charge in [-0.2, -0.15) is 0 Å². The van der Waals surface area contributed by atoms with Crippen LogP contribution in [0.5, 0.6) is 5.75 Å². The molecule has 1 unspecified atom stereocenters. The first kappa shape index (κ1) is 17.8. The van der Waals surface area contributed by atoms with Gasteiger partial charge in [-0.15, -0.1) is 13.2 Å². The summed E-state index contributed by atoms with van der Waals surface area (Å²) in [5, 5.41) is 3.38. The number of rotatable bonds is 9. The van der Waals surface area contributed by atoms with E-state index < -0.39 is 6.36 Å². The SMILES string of the molecule is CCCCCCC(C)NCc1ccc(OC(F)(F)F)cc1. The van der Waals surface area contributed by atoms with Crippen LogP contribution >= 0.6 is 0 Å². The van der Waals surface area contributed by atoms with Gasteiger partial charge in [0, 0.05) is 12.6 Å². The third-order valence-corrected chi connectivity index (χ3v) is 3.30. The van der Waals surface area contributed by atoms with Crippen molar-refractivity contribution < 1.29 is 17.9 Å². The lowest BCUT2D eigenvalue weighted by Gasteiger charge is -2.14. The van der Waals surface area contributed by atoms with E-state index in [2.05, 4.69) is 23.9 Å². The van der Waals surface area contributed by atoms with Crippen LogP contribution in [-0.4, -0.2) is 12.4 Å². The van der Waals surface area contributed by atoms with Gasteiger partial charge in [-0.25, -0.2) is 0 Å². The number of unbranched alkanes of at least 4 members (excludes halogenated alkanes) is 3. The fraction of sp³-hybridized carbons (Fsp3) is 0.625. The molecule has 0 aromatic heterocycles. The van der Waals surface area contributed by atoms with E-state index in [-0.39, 0.29) is 5.75 Å². The third kappa shape index (κ3) is 8.60. The lowest BCUT2D eigenvalue weighted by atomic mass is 10.1. The van der Waals surface area contributed by atoms with Gasteiger partial charge >= 0.3 is 6.36 Å². The smallest absolute Gasteiger partial charge is 0.406 e. The maximum Gasteiger partial charge on any atom is 0.573 e. The molecule has 1 atom stereocenters. The van der Waals surface area contributed by atoms with Crippen molar-refractivity contribution in [3.63, 3.8) is 0 Å². The molecule has 0 radical (unpaired) electrons. The number of benzene rings is 1. The maximum absolute atomic E-state index is 12.0. The summed E-state index contributed by atoms with van der Waals surface area (Å²) < 4.78 is 39.9. The Morgan fingerprint density at radius 1 is 1.10 bits per heavy atom. The Morgan fingerprint density at radius 3 is 2.33 bits per heavy atom. The molecule has 120 valence electrons. The van der Waals surface area contributed by atoms with Gasteiger partial charge < -0.3 is 10.1 Å². The highest BCUT2D eigenvalue weighted by atomic mass is 19.4. The van der Waals surface area contributed by atoms with E-state index in [1.165, 1.54) is 37.8 Å². The second-order valence-electron chi connectivity index (χ2n) is 5.32. The largest absolute Gasteiger partial charge is 0.573 e. The summed E-state index contributed by atoms with van der Waals surface area (Å²) in [5.41, 5.74) is 0.949. The van der Waals surface area contributed by atoms with Crippen LogP contribution in [0.2, 0.25) is 0 Å². The predicted molar refractivity (Wildman–Crippen MR) is 78.2 cm³/mol. The van der Waals surface area contributed by atoms with Crippen molar-refractivity contribution in [3.05, 3.63) is 29.8 Å². The van der Waals surface area contributed by atoms with Crippen LogP contribution in [-0.2, 0) is 6.54 Å². The molecule has 0 heterocycles. The molecule has 0 saturated carbocycles. The Hall–Kier alpha value is -1.23. The first-order chi connectivity index (χ1) is 9.90. The summed E-state index contributed by atoms with van der Waals surface area (Å²) in [7, 11) is 0. The number of hydrogen-bond acceptors (Lipinski definition) is 2. The molecular weight excluding hydrogens is 279 g/mol. The fourth-order valence-corrected chi connectivity index (χ4v) is 2.08. The van der Waals surface area contributed by atoms with Gasteiger partial charge in [0.1, 0.15) is 5.75 Å². The number of nitrogens with one attached hydrogen (secondary N) is 1. The molecular formula is C16H24F3NO. The Labute approximate surface area is 124 Å². The highest BCUT2D eigenvalue weighted by Gasteiger charge is 2.30. The first-order valence-electron chi connectivity index (χ1n) is 7.49. The molecule has 0 spiro atoms. The quantitative estimate of drug-likeness (QED) is 0.646. The van der Waals surface area contributed by atoms with Crippen LogP contribution in [0.25, 0.3) is 0 Å². The van der Waals surface area contributed by atoms with E-state index in [9.17, 15) is 13.2 Å². The number of hydrogen-bond donors (Lipinski definition) is 1. The van der Waals surface area contributed by atoms with E-state index in [1.54, 1.807) is 12.1 Å². The highest BCUT2D eigenvalue weighted by molar-refractivity contribution is 5.27. The minimum Gasteiger partial charge on any atom is -0.406 e. The average Bonchev–Trinajstić information content (AvgIpc) is 2.41. The molecule has 1 aromatic rings. The summed E-state index contributed by atoms with van der Waals surface area (Å²) in [6.45, 7) is 4.97. The molecule has 0 aliphatic heterocycles. The molecule has 0 bridgehead atoms. The maximum atomic E-state index is 12.0. The monoisotopic (exact) mass is 303 g/mol. The van der Waals surface area contributed by atoms with Crippen molar-refractivity contribution in [1.82, 2.24) is 5.32 Å². The molecule has 0 aliphatic carbocycles. The summed E-state index contributed by atoms with van der Waals surface area (Å²) >= 11 is 0. The van der Waals surface area contributed by atoms with E-state index in [1.807, 2.05) is 0 Å². The third-order valence-electron chi connectivity index (χ3n) is 3.30. The van der Waals surface area contributed by atoms with Crippen LogP contribution in [0.3, 0.4) is 0 Å².